The molecule has 3 amide bonds. The summed E-state index contributed by atoms with van der Waals surface area (Å²) in [4.78, 5) is 27.6. The second kappa shape index (κ2) is 7.02. The Bertz CT molecular complexity index is 990. The molecule has 1 saturated heterocycles. The largest absolute Gasteiger partial charge is 0.379 e. The summed E-state index contributed by atoms with van der Waals surface area (Å²) in [6.45, 7) is 0.191. The maximum atomic E-state index is 14.5. The molecule has 0 aliphatic carbocycles. The quantitative estimate of drug-likeness (QED) is 0.637. The third-order valence-electron chi connectivity index (χ3n) is 4.39. The second-order valence-corrected chi connectivity index (χ2v) is 6.19. The maximum Gasteiger partial charge on any atom is 0.321 e. The van der Waals surface area contributed by atoms with E-state index in [0.717, 1.165) is 0 Å². The molecule has 2 aromatic heterocycles. The van der Waals surface area contributed by atoms with Crippen LogP contribution in [0.1, 0.15) is 23.3 Å². The molecule has 3 aromatic rings. The number of rotatable bonds is 5. The van der Waals surface area contributed by atoms with E-state index in [1.165, 1.54) is 4.52 Å². The number of carbonyl (C=O) groups excluding carboxylic acids is 2. The third kappa shape index (κ3) is 3.43. The van der Waals surface area contributed by atoms with E-state index in [2.05, 4.69) is 26.0 Å². The predicted octanol–water partition coefficient (Wildman–Crippen LogP) is 1.77. The van der Waals surface area contributed by atoms with Gasteiger partial charge in [-0.1, -0.05) is 30.3 Å². The monoisotopic (exact) mass is 368 g/mol. The van der Waals surface area contributed by atoms with Crippen LogP contribution >= 0.6 is 0 Å². The van der Waals surface area contributed by atoms with Crippen LogP contribution in [0.3, 0.4) is 0 Å². The first-order valence-corrected chi connectivity index (χ1v) is 8.47. The molecule has 1 aromatic carbocycles. The lowest BCUT2D eigenvalue weighted by atomic mass is 10.0. The Hall–Kier alpha value is -3.49. The molecule has 3 N–H and O–H groups in total. The first-order chi connectivity index (χ1) is 13.1. The number of carbonyl (C=O) groups is 2. The molecule has 0 spiro atoms. The lowest BCUT2D eigenvalue weighted by Crippen LogP contribution is -2.51. The fourth-order valence-corrected chi connectivity index (χ4v) is 2.99. The molecule has 0 radical (unpaired) electrons. The molecule has 1 unspecified atom stereocenters. The van der Waals surface area contributed by atoms with Crippen molar-refractivity contribution >= 4 is 23.3 Å². The number of imidazole rings is 1. The summed E-state index contributed by atoms with van der Waals surface area (Å²) < 4.78 is 16.0. The highest BCUT2D eigenvalue weighted by Gasteiger charge is 2.29. The van der Waals surface area contributed by atoms with Crippen molar-refractivity contribution in [1.82, 2.24) is 25.2 Å². The summed E-state index contributed by atoms with van der Waals surface area (Å²) in [5, 5.41) is 12.3. The molecule has 2 atom stereocenters. The molecular formula is C18H17FN6O2. The van der Waals surface area contributed by atoms with Crippen LogP contribution in [0.4, 0.5) is 14.9 Å². The summed E-state index contributed by atoms with van der Waals surface area (Å²) in [6.07, 6.45) is 2.02. The zero-order chi connectivity index (χ0) is 18.8. The molecule has 1 aliphatic heterocycles. The highest BCUT2D eigenvalue weighted by atomic mass is 19.1. The van der Waals surface area contributed by atoms with Crippen LogP contribution in [0, 0.1) is 0 Å². The van der Waals surface area contributed by atoms with E-state index in [1.807, 2.05) is 6.07 Å². The highest BCUT2D eigenvalue weighted by molar-refractivity contribution is 6.00. The number of alkyl halides is 1. The molecular weight excluding hydrogens is 351 g/mol. The number of hydrogen-bond acceptors (Lipinski definition) is 5. The Morgan fingerprint density at radius 2 is 2.11 bits per heavy atom. The summed E-state index contributed by atoms with van der Waals surface area (Å²) in [6, 6.07) is 10.0. The molecule has 1 fully saturated rings. The van der Waals surface area contributed by atoms with Crippen LogP contribution in [-0.4, -0.2) is 39.6 Å². The molecule has 0 bridgehead atoms. The SMILES string of the molecule is O=C1NCC(c2cc(NC[C@@H](F)c3ccccc3)c3nccn3n2)C(=O)N1. The van der Waals surface area contributed by atoms with E-state index >= 15 is 0 Å². The van der Waals surface area contributed by atoms with E-state index in [4.69, 9.17) is 0 Å². The van der Waals surface area contributed by atoms with Gasteiger partial charge < -0.3 is 10.6 Å². The van der Waals surface area contributed by atoms with Gasteiger partial charge in [-0.15, -0.1) is 0 Å². The minimum absolute atomic E-state index is 0.0452. The second-order valence-electron chi connectivity index (χ2n) is 6.19. The number of fused-ring (bicyclic) bond motifs is 1. The van der Waals surface area contributed by atoms with Crippen LogP contribution in [0.5, 0.6) is 0 Å². The van der Waals surface area contributed by atoms with Gasteiger partial charge in [-0.25, -0.2) is 18.7 Å². The van der Waals surface area contributed by atoms with Crippen molar-refractivity contribution in [3.63, 3.8) is 0 Å². The van der Waals surface area contributed by atoms with Crippen molar-refractivity contribution in [3.05, 3.63) is 60.0 Å². The minimum Gasteiger partial charge on any atom is -0.379 e. The number of imide groups is 1. The Morgan fingerprint density at radius 3 is 2.89 bits per heavy atom. The van der Waals surface area contributed by atoms with Gasteiger partial charge in [0.2, 0.25) is 5.91 Å². The molecule has 4 rings (SSSR count). The molecule has 3 heterocycles. The third-order valence-corrected chi connectivity index (χ3v) is 4.39. The minimum atomic E-state index is -1.20. The van der Waals surface area contributed by atoms with Crippen molar-refractivity contribution in [2.24, 2.45) is 0 Å². The Balaban J connectivity index is 1.59. The van der Waals surface area contributed by atoms with Crippen LogP contribution in [0.25, 0.3) is 5.65 Å². The predicted molar refractivity (Wildman–Crippen MR) is 96.1 cm³/mol. The van der Waals surface area contributed by atoms with Gasteiger partial charge in [-0.05, 0) is 11.6 Å². The molecule has 1 aliphatic rings. The van der Waals surface area contributed by atoms with Gasteiger partial charge in [-0.3, -0.25) is 10.1 Å². The van der Waals surface area contributed by atoms with Gasteiger partial charge in [0.25, 0.3) is 0 Å². The van der Waals surface area contributed by atoms with E-state index in [1.54, 1.807) is 42.7 Å². The zero-order valence-electron chi connectivity index (χ0n) is 14.2. The highest BCUT2D eigenvalue weighted by Crippen LogP contribution is 2.24. The van der Waals surface area contributed by atoms with Gasteiger partial charge in [0, 0.05) is 18.9 Å². The van der Waals surface area contributed by atoms with E-state index in [-0.39, 0.29) is 13.1 Å². The fraction of sp³-hybridized carbons (Fsp3) is 0.222. The summed E-state index contributed by atoms with van der Waals surface area (Å²) in [5.41, 5.74) is 2.12. The number of hydrogen-bond donors (Lipinski definition) is 3. The van der Waals surface area contributed by atoms with Crippen molar-refractivity contribution in [2.75, 3.05) is 18.4 Å². The van der Waals surface area contributed by atoms with Crippen LogP contribution < -0.4 is 16.0 Å². The standard InChI is InChI=1S/C18H17FN6O2/c19-13(11-4-2-1-3-5-11)10-21-15-8-14(24-25-7-6-20-16(15)25)12-9-22-18(27)23-17(12)26/h1-8,12-13,21H,9-10H2,(H2,22,23,26,27)/t12?,13-/m1/s1. The van der Waals surface area contributed by atoms with E-state index < -0.39 is 24.0 Å². The number of anilines is 1. The van der Waals surface area contributed by atoms with Crippen molar-refractivity contribution in [3.8, 4) is 0 Å². The van der Waals surface area contributed by atoms with Crippen molar-refractivity contribution in [2.45, 2.75) is 12.1 Å². The average molecular weight is 368 g/mol. The lowest BCUT2D eigenvalue weighted by molar-refractivity contribution is -0.122. The number of amides is 3. The molecule has 9 heteroatoms. The van der Waals surface area contributed by atoms with Gasteiger partial charge in [0.15, 0.2) is 5.65 Å². The fourth-order valence-electron chi connectivity index (χ4n) is 2.99. The molecule has 0 saturated carbocycles. The zero-order valence-corrected chi connectivity index (χ0v) is 14.2. The summed E-state index contributed by atoms with van der Waals surface area (Å²) in [5.74, 6) is -1.06. The van der Waals surface area contributed by atoms with Gasteiger partial charge in [-0.2, -0.15) is 5.10 Å². The smallest absolute Gasteiger partial charge is 0.321 e. The number of nitrogens with zero attached hydrogens (tertiary/aromatic N) is 3. The van der Waals surface area contributed by atoms with Crippen LogP contribution in [-0.2, 0) is 4.79 Å². The molecule has 138 valence electrons. The summed E-state index contributed by atoms with van der Waals surface area (Å²) in [7, 11) is 0. The van der Waals surface area contributed by atoms with Crippen LogP contribution in [0.2, 0.25) is 0 Å². The number of benzene rings is 1. The lowest BCUT2D eigenvalue weighted by Gasteiger charge is -2.22. The Labute approximate surface area is 153 Å². The Morgan fingerprint density at radius 1 is 1.30 bits per heavy atom. The number of nitrogens with one attached hydrogen (secondary N) is 3. The number of aromatic nitrogens is 3. The Kier molecular flexibility index (Phi) is 4.41. The normalized spacial score (nSPS) is 18.0. The topological polar surface area (TPSA) is 100 Å². The first-order valence-electron chi connectivity index (χ1n) is 8.47. The van der Waals surface area contributed by atoms with Gasteiger partial charge >= 0.3 is 6.03 Å². The maximum absolute atomic E-state index is 14.5. The van der Waals surface area contributed by atoms with Crippen molar-refractivity contribution < 1.29 is 14.0 Å². The van der Waals surface area contributed by atoms with E-state index in [9.17, 15) is 14.0 Å². The number of urea groups is 1. The van der Waals surface area contributed by atoms with Crippen LogP contribution in [0.15, 0.2) is 48.8 Å². The van der Waals surface area contributed by atoms with Gasteiger partial charge in [0.1, 0.15) is 6.17 Å². The first kappa shape index (κ1) is 17.0. The molecule has 8 nitrogen and oxygen atoms in total. The number of halogens is 1. The summed E-state index contributed by atoms with van der Waals surface area (Å²) >= 11 is 0. The average Bonchev–Trinajstić information content (AvgIpc) is 3.15. The van der Waals surface area contributed by atoms with E-state index in [0.29, 0.717) is 22.6 Å². The molecule has 27 heavy (non-hydrogen) atoms. The van der Waals surface area contributed by atoms with Gasteiger partial charge in [0.05, 0.1) is 23.8 Å². The van der Waals surface area contributed by atoms with Crippen molar-refractivity contribution in [1.29, 1.82) is 0 Å².